The number of benzene rings is 2. The molecule has 1 saturated carbocycles. The van der Waals surface area contributed by atoms with Gasteiger partial charge in [-0.15, -0.1) is 11.3 Å². The molecule has 0 bridgehead atoms. The van der Waals surface area contributed by atoms with Crippen LogP contribution in [-0.4, -0.2) is 59.4 Å². The predicted molar refractivity (Wildman–Crippen MR) is 150 cm³/mol. The zero-order valence-corrected chi connectivity index (χ0v) is 22.3. The Balaban J connectivity index is 1.18. The number of nitrogens with zero attached hydrogens (tertiary/aromatic N) is 4. The Kier molecular flexibility index (Phi) is 6.65. The van der Waals surface area contributed by atoms with E-state index in [1.807, 2.05) is 47.4 Å². The number of fused-ring (bicyclic) bond motifs is 1. The molecule has 37 heavy (non-hydrogen) atoms. The maximum absolute atomic E-state index is 13.7. The van der Waals surface area contributed by atoms with Crippen LogP contribution in [0.2, 0.25) is 0 Å². The standard InChI is InChI=1S/C28H28N4O3S2/c1-35-22-11-9-20(10-12-22)30-13-15-31(16-14-30)24(33)18-37-28-29-26-25(23(17-36-26)19-7-8-19)27(34)32(28)21-5-3-2-4-6-21/h2-6,9-12,17,19H,7-8,13-16,18H2,1H3. The molecule has 6 rings (SSSR count). The van der Waals surface area contributed by atoms with Gasteiger partial charge in [0.15, 0.2) is 5.16 Å². The molecular formula is C28H28N4O3S2. The minimum atomic E-state index is -0.0394. The Morgan fingerprint density at radius 3 is 2.43 bits per heavy atom. The summed E-state index contributed by atoms with van der Waals surface area (Å²) < 4.78 is 6.93. The number of thiophene rings is 1. The largest absolute Gasteiger partial charge is 0.497 e. The lowest BCUT2D eigenvalue weighted by molar-refractivity contribution is -0.128. The van der Waals surface area contributed by atoms with Gasteiger partial charge >= 0.3 is 0 Å². The Bertz CT molecular complexity index is 1470. The van der Waals surface area contributed by atoms with Crippen molar-refractivity contribution in [2.75, 3.05) is 43.9 Å². The molecule has 1 aliphatic heterocycles. The van der Waals surface area contributed by atoms with Crippen molar-refractivity contribution in [3.8, 4) is 11.4 Å². The van der Waals surface area contributed by atoms with Gasteiger partial charge in [-0.3, -0.25) is 14.2 Å². The first-order valence-electron chi connectivity index (χ1n) is 12.5. The van der Waals surface area contributed by atoms with Crippen LogP contribution < -0.4 is 15.2 Å². The Labute approximate surface area is 223 Å². The highest BCUT2D eigenvalue weighted by atomic mass is 32.2. The second-order valence-electron chi connectivity index (χ2n) is 9.37. The van der Waals surface area contributed by atoms with Gasteiger partial charge < -0.3 is 14.5 Å². The van der Waals surface area contributed by atoms with E-state index >= 15 is 0 Å². The van der Waals surface area contributed by atoms with Gasteiger partial charge in [-0.2, -0.15) is 0 Å². The van der Waals surface area contributed by atoms with Gasteiger partial charge in [0.05, 0.1) is 23.9 Å². The number of anilines is 1. The van der Waals surface area contributed by atoms with Gasteiger partial charge in [0.2, 0.25) is 5.91 Å². The quantitative estimate of drug-likeness (QED) is 0.252. The molecule has 1 amide bonds. The summed E-state index contributed by atoms with van der Waals surface area (Å²) in [6.07, 6.45) is 2.26. The molecule has 7 nitrogen and oxygen atoms in total. The van der Waals surface area contributed by atoms with Crippen LogP contribution in [0, 0.1) is 0 Å². The van der Waals surface area contributed by atoms with Crippen LogP contribution in [0.5, 0.6) is 5.75 Å². The highest BCUT2D eigenvalue weighted by Gasteiger charge is 2.29. The lowest BCUT2D eigenvalue weighted by Crippen LogP contribution is -2.49. The van der Waals surface area contributed by atoms with Gasteiger partial charge in [0, 0.05) is 31.9 Å². The number of thioether (sulfide) groups is 1. The topological polar surface area (TPSA) is 67.7 Å². The molecule has 1 aliphatic carbocycles. The van der Waals surface area contributed by atoms with Crippen molar-refractivity contribution in [1.29, 1.82) is 0 Å². The number of rotatable bonds is 7. The van der Waals surface area contributed by atoms with Crippen molar-refractivity contribution in [3.63, 3.8) is 0 Å². The van der Waals surface area contributed by atoms with E-state index < -0.39 is 0 Å². The summed E-state index contributed by atoms with van der Waals surface area (Å²) in [7, 11) is 1.66. The number of piperazine rings is 1. The van der Waals surface area contributed by atoms with Crippen molar-refractivity contribution >= 4 is 44.9 Å². The number of carbonyl (C=O) groups excluding carboxylic acids is 1. The lowest BCUT2D eigenvalue weighted by Gasteiger charge is -2.36. The van der Waals surface area contributed by atoms with Crippen LogP contribution in [0.15, 0.2) is 69.9 Å². The average Bonchev–Trinajstić information content (AvgIpc) is 3.71. The molecule has 0 spiro atoms. The fourth-order valence-electron chi connectivity index (χ4n) is 4.81. The van der Waals surface area contributed by atoms with Crippen molar-refractivity contribution in [2.24, 2.45) is 0 Å². The van der Waals surface area contributed by atoms with E-state index in [1.165, 1.54) is 23.1 Å². The van der Waals surface area contributed by atoms with Crippen LogP contribution in [-0.2, 0) is 4.79 Å². The van der Waals surface area contributed by atoms with Crippen molar-refractivity contribution < 1.29 is 9.53 Å². The van der Waals surface area contributed by atoms with Crippen LogP contribution in [0.4, 0.5) is 5.69 Å². The molecule has 2 aliphatic rings. The zero-order valence-electron chi connectivity index (χ0n) is 20.6. The van der Waals surface area contributed by atoms with E-state index in [0.29, 0.717) is 24.2 Å². The highest BCUT2D eigenvalue weighted by Crippen LogP contribution is 2.44. The molecule has 0 atom stereocenters. The van der Waals surface area contributed by atoms with Crippen LogP contribution in [0.1, 0.15) is 24.3 Å². The van der Waals surface area contributed by atoms with Crippen LogP contribution >= 0.6 is 23.1 Å². The second-order valence-corrected chi connectivity index (χ2v) is 11.2. The smallest absolute Gasteiger partial charge is 0.267 e. The van der Waals surface area contributed by atoms with E-state index in [0.717, 1.165) is 58.8 Å². The third-order valence-corrected chi connectivity index (χ3v) is 8.85. The summed E-state index contributed by atoms with van der Waals surface area (Å²) in [5.41, 5.74) is 3.00. The number of methoxy groups -OCH3 is 1. The van der Waals surface area contributed by atoms with Crippen LogP contribution in [0.25, 0.3) is 15.9 Å². The molecule has 2 aromatic heterocycles. The number of hydrogen-bond acceptors (Lipinski definition) is 7. The lowest BCUT2D eigenvalue weighted by atomic mass is 10.1. The highest BCUT2D eigenvalue weighted by molar-refractivity contribution is 7.99. The number of carbonyl (C=O) groups is 1. The van der Waals surface area contributed by atoms with Crippen molar-refractivity contribution in [1.82, 2.24) is 14.5 Å². The van der Waals surface area contributed by atoms with E-state index in [-0.39, 0.29) is 17.2 Å². The maximum atomic E-state index is 13.7. The average molecular weight is 533 g/mol. The van der Waals surface area contributed by atoms with E-state index in [2.05, 4.69) is 22.4 Å². The van der Waals surface area contributed by atoms with Crippen molar-refractivity contribution in [3.05, 3.63) is 75.9 Å². The summed E-state index contributed by atoms with van der Waals surface area (Å²) in [4.78, 5) is 36.7. The molecule has 2 fully saturated rings. The monoisotopic (exact) mass is 532 g/mol. The number of aromatic nitrogens is 2. The number of para-hydroxylation sites is 1. The SMILES string of the molecule is COc1ccc(N2CCN(C(=O)CSc3nc4scc(C5CC5)c4c(=O)n3-c3ccccc3)CC2)cc1. The third kappa shape index (κ3) is 4.85. The fourth-order valence-corrected chi connectivity index (χ4v) is 6.79. The molecule has 190 valence electrons. The maximum Gasteiger partial charge on any atom is 0.267 e. The summed E-state index contributed by atoms with van der Waals surface area (Å²) in [5, 5.41) is 3.40. The first-order valence-corrected chi connectivity index (χ1v) is 14.4. The summed E-state index contributed by atoms with van der Waals surface area (Å²) in [6, 6.07) is 17.6. The molecule has 4 aromatic rings. The third-order valence-electron chi connectivity index (χ3n) is 7.03. The number of hydrogen-bond donors (Lipinski definition) is 0. The fraction of sp³-hybridized carbons (Fsp3) is 0.321. The zero-order chi connectivity index (χ0) is 25.4. The molecule has 3 heterocycles. The minimum absolute atomic E-state index is 0.0394. The molecule has 9 heteroatoms. The molecule has 1 saturated heterocycles. The van der Waals surface area contributed by atoms with E-state index in [1.54, 1.807) is 11.7 Å². The number of ether oxygens (including phenoxy) is 1. The first-order chi connectivity index (χ1) is 18.1. The minimum Gasteiger partial charge on any atom is -0.497 e. The van der Waals surface area contributed by atoms with E-state index in [9.17, 15) is 9.59 Å². The molecule has 2 aromatic carbocycles. The normalized spacial score (nSPS) is 15.8. The Hall–Kier alpha value is -3.30. The molecule has 0 unspecified atom stereocenters. The molecular weight excluding hydrogens is 504 g/mol. The summed E-state index contributed by atoms with van der Waals surface area (Å²) in [6.45, 7) is 2.89. The van der Waals surface area contributed by atoms with Gasteiger partial charge in [0.1, 0.15) is 10.6 Å². The van der Waals surface area contributed by atoms with Crippen LogP contribution in [0.3, 0.4) is 0 Å². The van der Waals surface area contributed by atoms with E-state index in [4.69, 9.17) is 9.72 Å². The Morgan fingerprint density at radius 2 is 1.76 bits per heavy atom. The van der Waals surface area contributed by atoms with Gasteiger partial charge in [-0.25, -0.2) is 4.98 Å². The summed E-state index contributed by atoms with van der Waals surface area (Å²) >= 11 is 2.88. The summed E-state index contributed by atoms with van der Waals surface area (Å²) in [5.74, 6) is 1.62. The predicted octanol–water partition coefficient (Wildman–Crippen LogP) is 4.77. The number of amides is 1. The van der Waals surface area contributed by atoms with Gasteiger partial charge in [-0.1, -0.05) is 30.0 Å². The molecule has 0 radical (unpaired) electrons. The molecule has 0 N–H and O–H groups in total. The Morgan fingerprint density at radius 1 is 1.03 bits per heavy atom. The van der Waals surface area contributed by atoms with Crippen molar-refractivity contribution in [2.45, 2.75) is 23.9 Å². The van der Waals surface area contributed by atoms with Gasteiger partial charge in [-0.05, 0) is 66.1 Å². The first kappa shape index (κ1) is 24.1. The van der Waals surface area contributed by atoms with Gasteiger partial charge in [0.25, 0.3) is 5.56 Å². The second kappa shape index (κ2) is 10.2.